The average molecular weight is 590 g/mol. The van der Waals surface area contributed by atoms with E-state index >= 15 is 0 Å². The molecular weight excluding hydrogens is 537 g/mol. The zero-order valence-corrected chi connectivity index (χ0v) is 26.4. The lowest BCUT2D eigenvalue weighted by atomic mass is 9.41. The van der Waals surface area contributed by atoms with Gasteiger partial charge in [-0.3, -0.25) is 18.6 Å². The molecule has 0 aromatic carbocycles. The number of fused-ring (bicyclic) bond motifs is 5. The minimum atomic E-state index is -3.60. The number of phosphoric acid groups is 1. The summed E-state index contributed by atoms with van der Waals surface area (Å²) in [5.74, 6) is 3.13. The maximum atomic E-state index is 13.3. The van der Waals surface area contributed by atoms with Gasteiger partial charge in [0.05, 0.1) is 31.5 Å². The van der Waals surface area contributed by atoms with Gasteiger partial charge in [-0.05, 0) is 121 Å². The molecule has 0 radical (unpaired) electrons. The van der Waals surface area contributed by atoms with Crippen molar-refractivity contribution in [2.75, 3.05) is 13.2 Å². The van der Waals surface area contributed by atoms with Gasteiger partial charge in [0, 0.05) is 18.8 Å². The summed E-state index contributed by atoms with van der Waals surface area (Å²) in [5.41, 5.74) is 1.37. The first-order valence-corrected chi connectivity index (χ1v) is 17.9. The molecule has 1 saturated heterocycles. The van der Waals surface area contributed by atoms with Crippen LogP contribution in [0.25, 0.3) is 0 Å². The number of pyridine rings is 1. The van der Waals surface area contributed by atoms with E-state index in [2.05, 4.69) is 32.7 Å². The Morgan fingerprint density at radius 1 is 1.05 bits per heavy atom. The topological polar surface area (TPSA) is 98.1 Å². The molecule has 230 valence electrons. The molecule has 7 nitrogen and oxygen atoms in total. The number of aliphatic hydroxyl groups excluding tert-OH is 2. The standard InChI is InChI=1S/C33H52NO6P/c1-5-24-28-20-23(35)8-14-33(28,4)27-9-15-32(3)25(6-7-26(32)30(27)31(24)36)21(2)12-18-38-41(37)39-19-13-29(40-41)22-10-16-34-17-11-22/h10-11,16-17,21,23-31,35-36H,5-9,12-15,18-20H2,1-4H3/t21-,23-,24-,25-,26?,27?,28?,29?,30?,31?,32-,33-,41+/m1/s1. The van der Waals surface area contributed by atoms with Gasteiger partial charge in [0.25, 0.3) is 0 Å². The number of rotatable bonds is 7. The second kappa shape index (κ2) is 11.6. The first-order chi connectivity index (χ1) is 19.6. The van der Waals surface area contributed by atoms with Crippen molar-refractivity contribution in [1.82, 2.24) is 4.98 Å². The zero-order valence-electron chi connectivity index (χ0n) is 25.5. The molecule has 2 heterocycles. The molecule has 41 heavy (non-hydrogen) atoms. The van der Waals surface area contributed by atoms with Crippen molar-refractivity contribution in [3.05, 3.63) is 30.1 Å². The normalized spacial score (nSPS) is 48.6. The van der Waals surface area contributed by atoms with Gasteiger partial charge in [-0.25, -0.2) is 4.57 Å². The van der Waals surface area contributed by atoms with Crippen LogP contribution >= 0.6 is 7.82 Å². The van der Waals surface area contributed by atoms with Gasteiger partial charge >= 0.3 is 7.82 Å². The van der Waals surface area contributed by atoms with E-state index in [1.165, 1.54) is 25.7 Å². The summed E-state index contributed by atoms with van der Waals surface area (Å²) >= 11 is 0. The van der Waals surface area contributed by atoms with Crippen LogP contribution in [-0.2, 0) is 18.1 Å². The molecule has 0 amide bonds. The second-order valence-corrected chi connectivity index (χ2v) is 16.3. The summed E-state index contributed by atoms with van der Waals surface area (Å²) in [7, 11) is -3.60. The van der Waals surface area contributed by atoms with Crippen LogP contribution in [0.4, 0.5) is 0 Å². The molecule has 1 aromatic heterocycles. The maximum Gasteiger partial charge on any atom is 0.475 e. The monoisotopic (exact) mass is 589 g/mol. The molecule has 2 N–H and O–H groups in total. The van der Waals surface area contributed by atoms with Crippen LogP contribution in [-0.4, -0.2) is 40.6 Å². The third kappa shape index (κ3) is 5.29. The molecule has 6 rings (SSSR count). The van der Waals surface area contributed by atoms with E-state index in [1.54, 1.807) is 12.4 Å². The van der Waals surface area contributed by atoms with Gasteiger partial charge in [-0.1, -0.05) is 34.1 Å². The number of phosphoric ester groups is 1. The largest absolute Gasteiger partial charge is 0.475 e. The molecule has 6 unspecified atom stereocenters. The zero-order chi connectivity index (χ0) is 29.0. The quantitative estimate of drug-likeness (QED) is 0.321. The van der Waals surface area contributed by atoms with E-state index in [9.17, 15) is 14.8 Å². The van der Waals surface area contributed by atoms with Crippen LogP contribution in [0, 0.1) is 52.3 Å². The first-order valence-electron chi connectivity index (χ1n) is 16.4. The highest BCUT2D eigenvalue weighted by Crippen LogP contribution is 2.69. The highest BCUT2D eigenvalue weighted by Gasteiger charge is 2.64. The Bertz CT molecular complexity index is 1100. The predicted molar refractivity (Wildman–Crippen MR) is 158 cm³/mol. The summed E-state index contributed by atoms with van der Waals surface area (Å²) in [5, 5.41) is 22.5. The Morgan fingerprint density at radius 2 is 1.78 bits per heavy atom. The van der Waals surface area contributed by atoms with E-state index < -0.39 is 7.82 Å². The van der Waals surface area contributed by atoms with Crippen LogP contribution in [0.2, 0.25) is 0 Å². The highest BCUT2D eigenvalue weighted by atomic mass is 31.2. The minimum Gasteiger partial charge on any atom is -0.393 e. The number of aliphatic hydroxyl groups is 2. The lowest BCUT2D eigenvalue weighted by molar-refractivity contribution is -0.203. The number of aromatic nitrogens is 1. The van der Waals surface area contributed by atoms with Crippen molar-refractivity contribution < 1.29 is 28.3 Å². The van der Waals surface area contributed by atoms with E-state index in [4.69, 9.17) is 13.6 Å². The fourth-order valence-corrected chi connectivity index (χ4v) is 12.3. The summed E-state index contributed by atoms with van der Waals surface area (Å²) < 4.78 is 30.6. The van der Waals surface area contributed by atoms with E-state index in [1.807, 2.05) is 12.1 Å². The van der Waals surface area contributed by atoms with Crippen molar-refractivity contribution in [3.63, 3.8) is 0 Å². The van der Waals surface area contributed by atoms with Gasteiger partial charge in [-0.2, -0.15) is 0 Å². The highest BCUT2D eigenvalue weighted by molar-refractivity contribution is 7.48. The number of hydrogen-bond acceptors (Lipinski definition) is 7. The predicted octanol–water partition coefficient (Wildman–Crippen LogP) is 7.34. The SMILES string of the molecule is CC[C@H]1C(O)C2C(CC[C@@]3(C)C2CC[C@@H]3[C@H](C)CCO[P@@]2(=O)OCCC(c3ccncc3)O2)[C@@]2(C)CC[C@@H](O)CC12. The van der Waals surface area contributed by atoms with E-state index in [0.717, 1.165) is 37.7 Å². The summed E-state index contributed by atoms with van der Waals surface area (Å²) in [6, 6.07) is 3.77. The third-order valence-corrected chi connectivity index (χ3v) is 14.4. The van der Waals surface area contributed by atoms with Crippen molar-refractivity contribution in [3.8, 4) is 0 Å². The van der Waals surface area contributed by atoms with Crippen LogP contribution in [0.1, 0.15) is 104 Å². The van der Waals surface area contributed by atoms with Crippen LogP contribution in [0.5, 0.6) is 0 Å². The Labute approximate surface area is 246 Å². The second-order valence-electron chi connectivity index (χ2n) is 14.7. The lowest BCUT2D eigenvalue weighted by Crippen LogP contribution is -2.62. The molecule has 1 aromatic rings. The number of hydrogen-bond donors (Lipinski definition) is 2. The molecule has 0 bridgehead atoms. The van der Waals surface area contributed by atoms with Gasteiger partial charge < -0.3 is 10.2 Å². The Morgan fingerprint density at radius 3 is 2.54 bits per heavy atom. The third-order valence-electron chi connectivity index (χ3n) is 12.9. The fourth-order valence-electron chi connectivity index (χ4n) is 10.9. The average Bonchev–Trinajstić information content (AvgIpc) is 3.32. The molecule has 4 aliphatic carbocycles. The van der Waals surface area contributed by atoms with Crippen LogP contribution < -0.4 is 0 Å². The van der Waals surface area contributed by atoms with Crippen molar-refractivity contribution in [1.29, 1.82) is 0 Å². The molecule has 5 aliphatic rings. The summed E-state index contributed by atoms with van der Waals surface area (Å²) in [6.07, 6.45) is 12.7. The van der Waals surface area contributed by atoms with Gasteiger partial charge in [0.1, 0.15) is 0 Å². The molecule has 0 spiro atoms. The lowest BCUT2D eigenvalue weighted by Gasteiger charge is -2.64. The molecule has 5 fully saturated rings. The molecule has 1 aliphatic heterocycles. The molecule has 8 heteroatoms. The Kier molecular flexibility index (Phi) is 8.55. The summed E-state index contributed by atoms with van der Waals surface area (Å²) in [4.78, 5) is 4.07. The van der Waals surface area contributed by atoms with Crippen LogP contribution in [0.15, 0.2) is 24.5 Å². The van der Waals surface area contributed by atoms with Crippen molar-refractivity contribution in [2.45, 2.75) is 110 Å². The number of nitrogens with zero attached hydrogens (tertiary/aromatic N) is 1. The van der Waals surface area contributed by atoms with Crippen LogP contribution in [0.3, 0.4) is 0 Å². The maximum absolute atomic E-state index is 13.3. The Balaban J connectivity index is 1.11. The van der Waals surface area contributed by atoms with E-state index in [-0.39, 0.29) is 35.1 Å². The Hall–Kier alpha value is -0.820. The minimum absolute atomic E-state index is 0.200. The van der Waals surface area contributed by atoms with Crippen molar-refractivity contribution in [2.24, 2.45) is 52.3 Å². The van der Waals surface area contributed by atoms with Gasteiger partial charge in [0.2, 0.25) is 0 Å². The molecule has 4 saturated carbocycles. The van der Waals surface area contributed by atoms with Gasteiger partial charge in [-0.15, -0.1) is 0 Å². The smallest absolute Gasteiger partial charge is 0.393 e. The van der Waals surface area contributed by atoms with Gasteiger partial charge in [0.15, 0.2) is 0 Å². The molecule has 13 atom stereocenters. The summed E-state index contributed by atoms with van der Waals surface area (Å²) in [6.45, 7) is 10.3. The molecular formula is C33H52NO6P. The van der Waals surface area contributed by atoms with Crippen molar-refractivity contribution >= 4 is 7.82 Å². The van der Waals surface area contributed by atoms with E-state index in [0.29, 0.717) is 55.1 Å². The fraction of sp³-hybridized carbons (Fsp3) is 0.848. The first kappa shape index (κ1) is 30.2.